The molecule has 0 atom stereocenters. The van der Waals surface area contributed by atoms with Gasteiger partial charge in [0.05, 0.1) is 5.71 Å². The molecule has 23 heavy (non-hydrogen) atoms. The molecule has 0 unspecified atom stereocenters. The van der Waals surface area contributed by atoms with Gasteiger partial charge in [0.1, 0.15) is 11.5 Å². The van der Waals surface area contributed by atoms with E-state index in [4.69, 9.17) is 0 Å². The predicted octanol–water partition coefficient (Wildman–Crippen LogP) is 1.46. The molecule has 2 rings (SSSR count). The molecule has 1 heterocycles. The van der Waals surface area contributed by atoms with Crippen LogP contribution in [0.1, 0.15) is 19.4 Å². The van der Waals surface area contributed by atoms with Crippen LogP contribution in [0.2, 0.25) is 0 Å². The highest BCUT2D eigenvalue weighted by Crippen LogP contribution is 2.19. The van der Waals surface area contributed by atoms with Crippen molar-refractivity contribution in [2.45, 2.75) is 13.8 Å². The fourth-order valence-electron chi connectivity index (χ4n) is 1.91. The summed E-state index contributed by atoms with van der Waals surface area (Å²) < 4.78 is 41.7. The van der Waals surface area contributed by atoms with Crippen molar-refractivity contribution in [3.63, 3.8) is 0 Å². The molecular weight excluding hydrogens is 321 g/mol. The molecule has 6 nitrogen and oxygen atoms in total. The largest absolute Gasteiger partial charge is 0.350 e. The number of allylic oxidation sites excluding steroid dienone is 1. The van der Waals surface area contributed by atoms with Crippen molar-refractivity contribution in [3.8, 4) is 0 Å². The van der Waals surface area contributed by atoms with Gasteiger partial charge in [0.2, 0.25) is 0 Å². The highest BCUT2D eigenvalue weighted by molar-refractivity contribution is 7.88. The maximum Gasteiger partial charge on any atom is 0.345 e. The molecule has 0 saturated carbocycles. The minimum absolute atomic E-state index is 0.0278. The average molecular weight is 339 g/mol. The van der Waals surface area contributed by atoms with Crippen molar-refractivity contribution in [2.24, 2.45) is 10.3 Å². The summed E-state index contributed by atoms with van der Waals surface area (Å²) in [5, 5.41) is 2.67. The molecular formula is C15H18FN3O3S. The Labute approximate surface area is 134 Å². The summed E-state index contributed by atoms with van der Waals surface area (Å²) in [4.78, 5) is 12.2. The number of hydrogen-bond acceptors (Lipinski definition) is 3. The topological polar surface area (TPSA) is 78.8 Å². The van der Waals surface area contributed by atoms with Crippen molar-refractivity contribution in [1.82, 2.24) is 9.62 Å². The van der Waals surface area contributed by atoms with Crippen molar-refractivity contribution in [2.75, 3.05) is 13.6 Å². The quantitative estimate of drug-likeness (QED) is 0.902. The van der Waals surface area contributed by atoms with E-state index in [1.165, 1.54) is 37.4 Å². The summed E-state index contributed by atoms with van der Waals surface area (Å²) in [6.45, 7) is 4.29. The van der Waals surface area contributed by atoms with E-state index in [1.807, 2.05) is 13.8 Å². The number of likely N-dealkylation sites (N-methyl/N-ethyl adjacent to an activating group) is 1. The Hall–Kier alpha value is -2.22. The molecule has 124 valence electrons. The third-order valence-corrected chi connectivity index (χ3v) is 4.53. The Morgan fingerprint density at radius 3 is 2.48 bits per heavy atom. The lowest BCUT2D eigenvalue weighted by atomic mass is 10.1. The second-order valence-electron chi connectivity index (χ2n) is 5.56. The van der Waals surface area contributed by atoms with Gasteiger partial charge in [0.25, 0.3) is 5.91 Å². The average Bonchev–Trinajstić information content (AvgIpc) is 2.48. The number of rotatable bonds is 4. The van der Waals surface area contributed by atoms with Gasteiger partial charge in [-0.15, -0.1) is 4.40 Å². The Morgan fingerprint density at radius 1 is 1.30 bits per heavy atom. The number of halogens is 1. The Bertz CT molecular complexity index is 768. The number of carbonyl (C=O) groups is 1. The molecule has 0 fully saturated rings. The van der Waals surface area contributed by atoms with E-state index in [1.54, 1.807) is 0 Å². The van der Waals surface area contributed by atoms with Crippen LogP contribution in [-0.2, 0) is 15.0 Å². The third-order valence-electron chi connectivity index (χ3n) is 3.22. The summed E-state index contributed by atoms with van der Waals surface area (Å²) in [7, 11) is -2.74. The zero-order chi connectivity index (χ0) is 17.2. The standard InChI is InChI=1S/C15H18FN3O3S/c1-10(2)9-17-15(20)14-8-13(18-23(21,22)19(14)3)11-4-6-12(16)7-5-11/h4-8,10H,9H2,1-3H3,(H,17,20). The second-order valence-corrected chi connectivity index (χ2v) is 7.19. The number of nitrogens with zero attached hydrogens (tertiary/aromatic N) is 2. The van der Waals surface area contributed by atoms with E-state index in [0.717, 1.165) is 4.31 Å². The highest BCUT2D eigenvalue weighted by atomic mass is 32.2. The van der Waals surface area contributed by atoms with E-state index in [-0.39, 0.29) is 17.3 Å². The normalized spacial score (nSPS) is 16.8. The molecule has 0 saturated heterocycles. The van der Waals surface area contributed by atoms with E-state index in [2.05, 4.69) is 9.71 Å². The first-order chi connectivity index (χ1) is 10.7. The molecule has 0 aromatic heterocycles. The minimum atomic E-state index is -4.00. The van der Waals surface area contributed by atoms with Gasteiger partial charge >= 0.3 is 10.2 Å². The van der Waals surface area contributed by atoms with E-state index in [0.29, 0.717) is 12.1 Å². The summed E-state index contributed by atoms with van der Waals surface area (Å²) >= 11 is 0. The number of hydrogen-bond donors (Lipinski definition) is 1. The Kier molecular flexibility index (Phi) is 4.84. The van der Waals surface area contributed by atoms with Crippen LogP contribution in [0.4, 0.5) is 4.39 Å². The fraction of sp³-hybridized carbons (Fsp3) is 0.333. The Balaban J connectivity index is 2.39. The van der Waals surface area contributed by atoms with E-state index >= 15 is 0 Å². The van der Waals surface area contributed by atoms with Gasteiger partial charge in [-0.05, 0) is 36.3 Å². The molecule has 0 bridgehead atoms. The van der Waals surface area contributed by atoms with Crippen LogP contribution in [0, 0.1) is 11.7 Å². The van der Waals surface area contributed by atoms with Crippen LogP contribution in [0.3, 0.4) is 0 Å². The second kappa shape index (κ2) is 6.49. The number of amides is 1. The Morgan fingerprint density at radius 2 is 1.91 bits per heavy atom. The van der Waals surface area contributed by atoms with Crippen LogP contribution in [0.25, 0.3) is 0 Å². The highest BCUT2D eigenvalue weighted by Gasteiger charge is 2.29. The monoisotopic (exact) mass is 339 g/mol. The zero-order valence-corrected chi connectivity index (χ0v) is 13.9. The molecule has 1 aromatic rings. The third kappa shape index (κ3) is 3.95. The summed E-state index contributed by atoms with van der Waals surface area (Å²) in [5.74, 6) is -0.710. The number of carbonyl (C=O) groups excluding carboxylic acids is 1. The maximum absolute atomic E-state index is 13.0. The van der Waals surface area contributed by atoms with Crippen molar-refractivity contribution < 1.29 is 17.6 Å². The summed E-state index contributed by atoms with van der Waals surface area (Å²) in [5.41, 5.74) is 0.481. The van der Waals surface area contributed by atoms with Gasteiger partial charge in [-0.1, -0.05) is 13.8 Å². The summed E-state index contributed by atoms with van der Waals surface area (Å²) in [6.07, 6.45) is 1.38. The predicted molar refractivity (Wildman–Crippen MR) is 85.6 cm³/mol. The van der Waals surface area contributed by atoms with Gasteiger partial charge in [-0.25, -0.2) is 8.70 Å². The lowest BCUT2D eigenvalue weighted by Crippen LogP contribution is -2.39. The molecule has 0 spiro atoms. The zero-order valence-electron chi connectivity index (χ0n) is 13.1. The lowest BCUT2D eigenvalue weighted by Gasteiger charge is -2.23. The molecule has 1 aliphatic heterocycles. The van der Waals surface area contributed by atoms with E-state index < -0.39 is 21.9 Å². The first-order valence-electron chi connectivity index (χ1n) is 7.05. The van der Waals surface area contributed by atoms with Crippen LogP contribution >= 0.6 is 0 Å². The van der Waals surface area contributed by atoms with Crippen molar-refractivity contribution >= 4 is 21.8 Å². The number of benzene rings is 1. The first-order valence-corrected chi connectivity index (χ1v) is 8.45. The maximum atomic E-state index is 13.0. The van der Waals surface area contributed by atoms with Crippen molar-refractivity contribution in [1.29, 1.82) is 0 Å². The van der Waals surface area contributed by atoms with Gasteiger partial charge in [0, 0.05) is 19.2 Å². The molecule has 1 aliphatic rings. The molecule has 1 aromatic carbocycles. The summed E-state index contributed by atoms with van der Waals surface area (Å²) in [6, 6.07) is 5.23. The van der Waals surface area contributed by atoms with Gasteiger partial charge in [-0.2, -0.15) is 8.42 Å². The molecule has 8 heteroatoms. The SMILES string of the molecule is CC(C)CNC(=O)C1=CC(c2ccc(F)cc2)=NS(=O)(=O)N1C. The van der Waals surface area contributed by atoms with Gasteiger partial charge < -0.3 is 5.32 Å². The molecule has 0 radical (unpaired) electrons. The molecule has 0 aliphatic carbocycles. The lowest BCUT2D eigenvalue weighted by molar-refractivity contribution is -0.118. The minimum Gasteiger partial charge on any atom is -0.350 e. The van der Waals surface area contributed by atoms with Crippen LogP contribution in [-0.4, -0.2) is 37.9 Å². The van der Waals surface area contributed by atoms with Crippen molar-refractivity contribution in [3.05, 3.63) is 47.4 Å². The van der Waals surface area contributed by atoms with Gasteiger partial charge in [-0.3, -0.25) is 4.79 Å². The molecule has 1 amide bonds. The van der Waals surface area contributed by atoms with E-state index in [9.17, 15) is 17.6 Å². The van der Waals surface area contributed by atoms with Crippen LogP contribution in [0.15, 0.2) is 40.4 Å². The first kappa shape index (κ1) is 17.1. The van der Waals surface area contributed by atoms with Gasteiger partial charge in [0.15, 0.2) is 0 Å². The molecule has 1 N–H and O–H groups in total. The smallest absolute Gasteiger partial charge is 0.345 e. The van der Waals surface area contributed by atoms with Crippen LogP contribution < -0.4 is 5.32 Å². The number of nitrogens with one attached hydrogen (secondary N) is 1. The van der Waals surface area contributed by atoms with Crippen LogP contribution in [0.5, 0.6) is 0 Å². The fourth-order valence-corrected chi connectivity index (χ4v) is 2.82.